The summed E-state index contributed by atoms with van der Waals surface area (Å²) in [6.07, 6.45) is -3.17. The first-order valence-electron chi connectivity index (χ1n) is 23.9. The lowest BCUT2D eigenvalue weighted by Crippen LogP contribution is -2.56. The number of rotatable bonds is 16. The summed E-state index contributed by atoms with van der Waals surface area (Å²) in [6, 6.07) is 45.9. The fourth-order valence-corrected chi connectivity index (χ4v) is 10.5. The fourth-order valence-electron chi connectivity index (χ4n) is 10.5. The van der Waals surface area contributed by atoms with Crippen LogP contribution in [0.5, 0.6) is 5.75 Å². The van der Waals surface area contributed by atoms with Crippen molar-refractivity contribution < 1.29 is 48.3 Å². The zero-order valence-electron chi connectivity index (χ0n) is 40.0. The molecule has 0 unspecified atom stereocenters. The number of ether oxygens (including phenoxy) is 4. The zero-order chi connectivity index (χ0) is 50.2. The number of esters is 1. The summed E-state index contributed by atoms with van der Waals surface area (Å²) < 4.78 is 23.8. The number of para-hydroxylation sites is 1. The van der Waals surface area contributed by atoms with Crippen molar-refractivity contribution in [2.24, 2.45) is 5.92 Å². The Kier molecular flexibility index (Phi) is 15.2. The van der Waals surface area contributed by atoms with Gasteiger partial charge < -0.3 is 34.5 Å². The van der Waals surface area contributed by atoms with Crippen molar-refractivity contribution in [3.05, 3.63) is 203 Å². The van der Waals surface area contributed by atoms with E-state index in [0.29, 0.717) is 40.9 Å². The first kappa shape index (κ1) is 49.3. The van der Waals surface area contributed by atoms with E-state index < -0.39 is 65.5 Å². The number of hydrogen-bond donors (Lipinski definition) is 3. The second kappa shape index (κ2) is 22.2. The second-order valence-electron chi connectivity index (χ2n) is 18.0. The van der Waals surface area contributed by atoms with Gasteiger partial charge in [0.25, 0.3) is 0 Å². The number of aliphatic hydroxyl groups excluding tert-OH is 2. The predicted octanol–water partition coefficient (Wildman–Crippen LogP) is 6.84. The summed E-state index contributed by atoms with van der Waals surface area (Å²) in [5.74, 6) is 2.79. The van der Waals surface area contributed by atoms with Crippen LogP contribution in [0.3, 0.4) is 0 Å². The first-order valence-corrected chi connectivity index (χ1v) is 23.9. The molecule has 3 aliphatic rings. The molecule has 14 heteroatoms. The van der Waals surface area contributed by atoms with Crippen LogP contribution in [-0.4, -0.2) is 104 Å². The van der Waals surface area contributed by atoms with E-state index in [-0.39, 0.29) is 50.0 Å². The van der Waals surface area contributed by atoms with Gasteiger partial charge in [-0.05, 0) is 59.1 Å². The smallest absolute Gasteiger partial charge is 0.421 e. The van der Waals surface area contributed by atoms with Gasteiger partial charge in [-0.3, -0.25) is 24.2 Å². The number of hydrogen-bond acceptors (Lipinski definition) is 12. The molecular weight excluding hydrogens is 913 g/mol. The van der Waals surface area contributed by atoms with Crippen molar-refractivity contribution in [1.82, 2.24) is 15.1 Å². The normalized spacial score (nSPS) is 21.6. The monoisotopic (exact) mass is 968 g/mol. The number of fused-ring (bicyclic) bond motifs is 3. The quantitative estimate of drug-likeness (QED) is 0.0526. The molecular formula is C58H56N4O10. The Morgan fingerprint density at radius 1 is 0.806 bits per heavy atom. The molecule has 3 aliphatic heterocycles. The van der Waals surface area contributed by atoms with E-state index in [1.807, 2.05) is 109 Å². The molecule has 3 heterocycles. The lowest BCUT2D eigenvalue weighted by atomic mass is 9.65. The minimum absolute atomic E-state index is 0.0350. The summed E-state index contributed by atoms with van der Waals surface area (Å²) in [5.41, 5.74) is 2.09. The average Bonchev–Trinajstić information content (AvgIpc) is 3.86. The molecule has 14 nitrogen and oxygen atoms in total. The molecule has 72 heavy (non-hydrogen) atoms. The fraction of sp³-hybridized carbons (Fsp3) is 0.276. The maximum absolute atomic E-state index is 16.5. The molecule has 2 fully saturated rings. The van der Waals surface area contributed by atoms with E-state index in [0.717, 1.165) is 10.5 Å². The number of aliphatic hydroxyl groups is 2. The van der Waals surface area contributed by atoms with Gasteiger partial charge in [0.05, 0.1) is 49.6 Å². The SMILES string of the molecule is COCCOC(=O)N1C(=O)[C@@]2(c3cc(C#CCN(C)Cc4ccccc4)ccc31)[C@H](C(=O)NC[C@H](O)c1ccccc1)[C@H]1C(=O)O[C@H](c3ccccc3)[C@H](c3ccccc3)N1[C@@H]2c1ccccc1OCCO. The first-order chi connectivity index (χ1) is 35.2. The van der Waals surface area contributed by atoms with E-state index >= 15 is 14.4 Å². The highest BCUT2D eigenvalue weighted by molar-refractivity contribution is 6.23. The summed E-state index contributed by atoms with van der Waals surface area (Å²) in [7, 11) is 3.42. The highest BCUT2D eigenvalue weighted by atomic mass is 16.6. The van der Waals surface area contributed by atoms with Crippen LogP contribution in [0, 0.1) is 17.8 Å². The third-order valence-corrected chi connectivity index (χ3v) is 13.5. The number of cyclic esters (lactones) is 1. The number of carbonyl (C=O) groups excluding carboxylic acids is 4. The number of nitrogens with one attached hydrogen (secondary N) is 1. The van der Waals surface area contributed by atoms with Crippen molar-refractivity contribution in [1.29, 1.82) is 0 Å². The minimum atomic E-state index is -2.15. The number of amides is 3. The van der Waals surface area contributed by atoms with E-state index in [1.54, 1.807) is 66.7 Å². The van der Waals surface area contributed by atoms with E-state index in [9.17, 15) is 15.0 Å². The number of morpholine rings is 1. The van der Waals surface area contributed by atoms with Crippen molar-refractivity contribution in [3.8, 4) is 17.6 Å². The highest BCUT2D eigenvalue weighted by Gasteiger charge is 2.76. The molecule has 6 aromatic rings. The van der Waals surface area contributed by atoms with Gasteiger partial charge in [-0.2, -0.15) is 0 Å². The number of benzene rings is 6. The molecule has 9 rings (SSSR count). The van der Waals surface area contributed by atoms with Crippen LogP contribution in [0.15, 0.2) is 164 Å². The van der Waals surface area contributed by atoms with Gasteiger partial charge in [0.15, 0.2) is 0 Å². The number of nitrogens with zero attached hydrogens (tertiary/aromatic N) is 3. The molecule has 0 aromatic heterocycles. The Morgan fingerprint density at radius 2 is 1.46 bits per heavy atom. The maximum atomic E-state index is 16.5. The van der Waals surface area contributed by atoms with E-state index in [1.165, 1.54) is 7.11 Å². The van der Waals surface area contributed by atoms with Gasteiger partial charge in [0.1, 0.15) is 36.5 Å². The van der Waals surface area contributed by atoms with Gasteiger partial charge in [0.2, 0.25) is 11.8 Å². The number of methoxy groups -OCH3 is 1. The van der Waals surface area contributed by atoms with E-state index in [2.05, 4.69) is 22.1 Å². The maximum Gasteiger partial charge on any atom is 0.421 e. The molecule has 1 spiro atoms. The molecule has 0 aliphatic carbocycles. The van der Waals surface area contributed by atoms with Crippen molar-refractivity contribution >= 4 is 29.6 Å². The van der Waals surface area contributed by atoms with Crippen molar-refractivity contribution in [2.45, 2.75) is 42.3 Å². The van der Waals surface area contributed by atoms with Crippen LogP contribution >= 0.6 is 0 Å². The Labute approximate surface area is 418 Å². The van der Waals surface area contributed by atoms with Crippen LogP contribution in [0.4, 0.5) is 10.5 Å². The Hall–Kier alpha value is -7.64. The number of imide groups is 1. The Morgan fingerprint density at radius 3 is 2.15 bits per heavy atom. The number of anilines is 1. The van der Waals surface area contributed by atoms with Crippen LogP contribution < -0.4 is 15.0 Å². The molecule has 2 saturated heterocycles. The topological polar surface area (TPSA) is 167 Å². The van der Waals surface area contributed by atoms with Crippen LogP contribution in [-0.2, 0) is 40.6 Å². The minimum Gasteiger partial charge on any atom is -0.491 e. The van der Waals surface area contributed by atoms with Crippen molar-refractivity contribution in [2.75, 3.05) is 58.6 Å². The van der Waals surface area contributed by atoms with Gasteiger partial charge in [-0.1, -0.05) is 151 Å². The van der Waals surface area contributed by atoms with Gasteiger partial charge in [-0.25, -0.2) is 9.69 Å². The van der Waals surface area contributed by atoms with Crippen molar-refractivity contribution in [3.63, 3.8) is 0 Å². The molecule has 0 saturated carbocycles. The summed E-state index contributed by atoms with van der Waals surface area (Å²) in [5, 5.41) is 24.6. The second-order valence-corrected chi connectivity index (χ2v) is 18.0. The van der Waals surface area contributed by atoms with Gasteiger partial charge >= 0.3 is 12.1 Å². The van der Waals surface area contributed by atoms with Crippen LogP contribution in [0.1, 0.15) is 63.2 Å². The Bertz CT molecular complexity index is 2930. The molecule has 368 valence electrons. The predicted molar refractivity (Wildman–Crippen MR) is 268 cm³/mol. The molecule has 7 atom stereocenters. The lowest BCUT2D eigenvalue weighted by Gasteiger charge is -2.46. The summed E-state index contributed by atoms with van der Waals surface area (Å²) in [4.78, 5) is 67.4. The lowest BCUT2D eigenvalue weighted by molar-refractivity contribution is -0.178. The molecule has 0 bridgehead atoms. The molecule has 0 radical (unpaired) electrons. The van der Waals surface area contributed by atoms with Crippen LogP contribution in [0.25, 0.3) is 0 Å². The molecule has 3 N–H and O–H groups in total. The third kappa shape index (κ3) is 9.60. The molecule has 6 aromatic carbocycles. The standard InChI is InChI=1S/C58H56N4O10/c1-60(38-40-18-7-3-8-19-40)31-17-20-39-29-30-46-45(36-39)58(56(67)61(46)57(68)71-35-34-69-2)49(54(65)59-37-47(64)41-21-9-4-10-22-41)51-55(66)72-52(43-25-13-6-14-26-43)50(42-23-11-5-12-24-42)62(51)53(58)44-27-15-16-28-48(44)70-33-32-63/h3-16,18-19,21-30,36,47,49-53,63-64H,31-35,37-38H2,1-2H3,(H,59,65)/t47-,49-,50-,51-,52+,53+,58-/m0/s1. The summed E-state index contributed by atoms with van der Waals surface area (Å²) >= 11 is 0. The molecule has 3 amide bonds. The van der Waals surface area contributed by atoms with Crippen LogP contribution in [0.2, 0.25) is 0 Å². The van der Waals surface area contributed by atoms with Gasteiger partial charge in [0, 0.05) is 31.3 Å². The zero-order valence-corrected chi connectivity index (χ0v) is 40.0. The van der Waals surface area contributed by atoms with Gasteiger partial charge in [-0.15, -0.1) is 0 Å². The number of carbonyl (C=O) groups is 4. The largest absolute Gasteiger partial charge is 0.491 e. The third-order valence-electron chi connectivity index (χ3n) is 13.5. The summed E-state index contributed by atoms with van der Waals surface area (Å²) in [6.45, 7) is 0.103. The average molecular weight is 969 g/mol. The van der Waals surface area contributed by atoms with E-state index in [4.69, 9.17) is 18.9 Å². The Balaban J connectivity index is 1.30. The highest BCUT2D eigenvalue weighted by Crippen LogP contribution is 2.66.